The highest BCUT2D eigenvalue weighted by Gasteiger charge is 2.56. The van der Waals surface area contributed by atoms with Crippen molar-refractivity contribution in [3.05, 3.63) is 77.3 Å². The molecule has 3 heterocycles. The molecule has 11 heteroatoms. The van der Waals surface area contributed by atoms with Gasteiger partial charge < -0.3 is 14.6 Å². The summed E-state index contributed by atoms with van der Waals surface area (Å²) in [5, 5.41) is 8.24. The van der Waals surface area contributed by atoms with Crippen molar-refractivity contribution in [1.82, 2.24) is 9.88 Å². The SMILES string of the molecule is O=C(COc1ccccc1)OCC1=C(C(=O)O)N2C(=O)/C(=C/c3ccccn3)C2S(=O)(=O)C1. The van der Waals surface area contributed by atoms with Crippen LogP contribution in [0.3, 0.4) is 0 Å². The molecule has 4 rings (SSSR count). The molecule has 0 aliphatic carbocycles. The van der Waals surface area contributed by atoms with Crippen molar-refractivity contribution in [3.8, 4) is 5.75 Å². The van der Waals surface area contributed by atoms with Crippen LogP contribution < -0.4 is 4.74 Å². The Bertz CT molecular complexity index is 1270. The fourth-order valence-electron chi connectivity index (χ4n) is 3.54. The number of hydrogen-bond donors (Lipinski definition) is 1. The molecule has 2 aromatic rings. The number of carbonyl (C=O) groups excluding carboxylic acids is 2. The number of benzene rings is 1. The number of amides is 1. The molecule has 2 aliphatic heterocycles. The number of carbonyl (C=O) groups is 3. The van der Waals surface area contributed by atoms with Gasteiger partial charge in [-0.25, -0.2) is 18.0 Å². The lowest BCUT2D eigenvalue weighted by molar-refractivity contribution is -0.145. The van der Waals surface area contributed by atoms with Crippen molar-refractivity contribution in [3.63, 3.8) is 0 Å². The minimum atomic E-state index is -3.98. The van der Waals surface area contributed by atoms with E-state index in [1.165, 1.54) is 12.3 Å². The molecule has 0 bridgehead atoms. The van der Waals surface area contributed by atoms with Crippen LogP contribution in [0.15, 0.2) is 71.6 Å². The maximum Gasteiger partial charge on any atom is 0.352 e. The van der Waals surface area contributed by atoms with E-state index in [4.69, 9.17) is 9.47 Å². The van der Waals surface area contributed by atoms with E-state index in [0.717, 1.165) is 0 Å². The van der Waals surface area contributed by atoms with Gasteiger partial charge in [-0.3, -0.25) is 14.7 Å². The highest BCUT2D eigenvalue weighted by molar-refractivity contribution is 7.92. The summed E-state index contributed by atoms with van der Waals surface area (Å²) >= 11 is 0. The highest BCUT2D eigenvalue weighted by atomic mass is 32.2. The van der Waals surface area contributed by atoms with Gasteiger partial charge in [0.05, 0.1) is 17.0 Å². The van der Waals surface area contributed by atoms with E-state index in [1.807, 2.05) is 0 Å². The van der Waals surface area contributed by atoms with E-state index in [-0.39, 0.29) is 11.1 Å². The third kappa shape index (κ3) is 4.48. The number of fused-ring (bicyclic) bond motifs is 1. The van der Waals surface area contributed by atoms with Crippen LogP contribution in [0.25, 0.3) is 6.08 Å². The monoisotopic (exact) mass is 470 g/mol. The molecule has 1 aromatic carbocycles. The normalized spacial score (nSPS) is 20.1. The lowest BCUT2D eigenvalue weighted by Gasteiger charge is -2.45. The molecule has 1 N–H and O–H groups in total. The predicted molar refractivity (Wildman–Crippen MR) is 114 cm³/mol. The number of rotatable bonds is 7. The third-order valence-corrected chi connectivity index (χ3v) is 6.85. The van der Waals surface area contributed by atoms with Crippen LogP contribution in [0.1, 0.15) is 5.69 Å². The highest BCUT2D eigenvalue weighted by Crippen LogP contribution is 2.40. The summed E-state index contributed by atoms with van der Waals surface area (Å²) in [4.78, 5) is 41.3. The summed E-state index contributed by atoms with van der Waals surface area (Å²) in [7, 11) is -3.98. The van der Waals surface area contributed by atoms with Crippen molar-refractivity contribution < 1.29 is 37.4 Å². The van der Waals surface area contributed by atoms with Crippen molar-refractivity contribution in [2.75, 3.05) is 19.0 Å². The second kappa shape index (κ2) is 8.87. The number of para-hydroxylation sites is 1. The van der Waals surface area contributed by atoms with Gasteiger partial charge in [-0.1, -0.05) is 24.3 Å². The lowest BCUT2D eigenvalue weighted by Crippen LogP contribution is -2.62. The van der Waals surface area contributed by atoms with E-state index in [0.29, 0.717) is 16.3 Å². The number of esters is 1. The fraction of sp³-hybridized carbons (Fsp3) is 0.182. The van der Waals surface area contributed by atoms with Gasteiger partial charge in [-0.2, -0.15) is 0 Å². The van der Waals surface area contributed by atoms with Crippen molar-refractivity contribution in [1.29, 1.82) is 0 Å². The van der Waals surface area contributed by atoms with Crippen molar-refractivity contribution in [2.24, 2.45) is 0 Å². The average molecular weight is 470 g/mol. The summed E-state index contributed by atoms with van der Waals surface area (Å²) in [5.74, 6) is -3.31. The number of sulfone groups is 1. The smallest absolute Gasteiger partial charge is 0.352 e. The molecule has 1 atom stereocenters. The first-order chi connectivity index (χ1) is 15.8. The number of aliphatic carboxylic acids is 1. The van der Waals surface area contributed by atoms with Gasteiger partial charge in [0.1, 0.15) is 18.1 Å². The number of pyridine rings is 1. The molecule has 1 amide bonds. The standard InChI is InChI=1S/C22H18N2O8S/c25-18(12-31-16-7-2-1-3-8-16)32-11-14-13-33(29,30)21-17(10-15-6-4-5-9-23-15)20(26)24(21)19(14)22(27)28/h1-10,21H,11-13H2,(H,27,28)/b17-10-. The molecule has 33 heavy (non-hydrogen) atoms. The molecule has 0 spiro atoms. The Hall–Kier alpha value is -3.99. The molecule has 1 aromatic heterocycles. The molecule has 170 valence electrons. The molecule has 1 unspecified atom stereocenters. The average Bonchev–Trinajstić information content (AvgIpc) is 2.80. The van der Waals surface area contributed by atoms with Gasteiger partial charge in [-0.05, 0) is 30.3 Å². The van der Waals surface area contributed by atoms with Crippen LogP contribution in [0.2, 0.25) is 0 Å². The van der Waals surface area contributed by atoms with E-state index < -0.39 is 57.7 Å². The van der Waals surface area contributed by atoms with Crippen LogP contribution in [0.4, 0.5) is 0 Å². The van der Waals surface area contributed by atoms with Crippen molar-refractivity contribution in [2.45, 2.75) is 5.37 Å². The minimum absolute atomic E-state index is 0.0697. The summed E-state index contributed by atoms with van der Waals surface area (Å²) < 4.78 is 36.0. The number of carboxylic acids is 1. The van der Waals surface area contributed by atoms with E-state index in [1.54, 1.807) is 48.5 Å². The zero-order chi connectivity index (χ0) is 23.6. The topological polar surface area (TPSA) is 140 Å². The van der Waals surface area contributed by atoms with Crippen LogP contribution in [0.5, 0.6) is 5.75 Å². The van der Waals surface area contributed by atoms with Crippen LogP contribution in [-0.4, -0.2) is 65.6 Å². The van der Waals surface area contributed by atoms with Gasteiger partial charge in [-0.15, -0.1) is 0 Å². The molecule has 0 radical (unpaired) electrons. The van der Waals surface area contributed by atoms with Gasteiger partial charge in [0.2, 0.25) is 0 Å². The zero-order valence-corrected chi connectivity index (χ0v) is 17.9. The second-order valence-electron chi connectivity index (χ2n) is 7.21. The Labute approximate surface area is 188 Å². The quantitative estimate of drug-likeness (QED) is 0.357. The number of carboxylic acid groups (broad SMARTS) is 1. The molecule has 1 fully saturated rings. The predicted octanol–water partition coefficient (Wildman–Crippen LogP) is 1.02. The first-order valence-electron chi connectivity index (χ1n) is 9.74. The van der Waals surface area contributed by atoms with Gasteiger partial charge >= 0.3 is 11.9 Å². The Morgan fingerprint density at radius 2 is 1.88 bits per heavy atom. The number of β-lactam (4-membered cyclic amide) rings is 1. The van der Waals surface area contributed by atoms with Crippen LogP contribution in [0, 0.1) is 0 Å². The number of ether oxygens (including phenoxy) is 2. The number of aromatic nitrogens is 1. The third-order valence-electron chi connectivity index (χ3n) is 4.96. The van der Waals surface area contributed by atoms with E-state index >= 15 is 0 Å². The summed E-state index contributed by atoms with van der Waals surface area (Å²) in [6, 6.07) is 13.4. The molecular formula is C22H18N2O8S. The van der Waals surface area contributed by atoms with Crippen molar-refractivity contribution >= 4 is 33.8 Å². The van der Waals surface area contributed by atoms with Crippen LogP contribution >= 0.6 is 0 Å². The summed E-state index contributed by atoms with van der Waals surface area (Å²) in [5.41, 5.74) is -0.402. The maximum absolute atomic E-state index is 12.9. The maximum atomic E-state index is 12.9. The lowest BCUT2D eigenvalue weighted by atomic mass is 10.0. The molecule has 1 saturated heterocycles. The van der Waals surface area contributed by atoms with E-state index in [9.17, 15) is 27.9 Å². The molecular weight excluding hydrogens is 452 g/mol. The Morgan fingerprint density at radius 1 is 1.15 bits per heavy atom. The number of hydrogen-bond acceptors (Lipinski definition) is 8. The first kappa shape index (κ1) is 22.2. The first-order valence-corrected chi connectivity index (χ1v) is 11.5. The molecule has 10 nitrogen and oxygen atoms in total. The minimum Gasteiger partial charge on any atom is -0.482 e. The summed E-state index contributed by atoms with van der Waals surface area (Å²) in [6.07, 6.45) is 2.81. The number of nitrogens with zero attached hydrogens (tertiary/aromatic N) is 2. The molecule has 2 aliphatic rings. The summed E-state index contributed by atoms with van der Waals surface area (Å²) in [6.45, 7) is -1.05. The van der Waals surface area contributed by atoms with Gasteiger partial charge in [0.25, 0.3) is 5.91 Å². The van der Waals surface area contributed by atoms with Gasteiger partial charge in [0, 0.05) is 11.8 Å². The van der Waals surface area contributed by atoms with E-state index in [2.05, 4.69) is 4.98 Å². The Balaban J connectivity index is 1.53. The second-order valence-corrected chi connectivity index (χ2v) is 9.27. The van der Waals surface area contributed by atoms with Crippen LogP contribution in [-0.2, 0) is 29.0 Å². The van der Waals surface area contributed by atoms with Gasteiger partial charge in [0.15, 0.2) is 21.8 Å². The largest absolute Gasteiger partial charge is 0.482 e. The Kier molecular flexibility index (Phi) is 5.97. The zero-order valence-electron chi connectivity index (χ0n) is 17.1. The molecule has 0 saturated carbocycles. The Morgan fingerprint density at radius 3 is 2.55 bits per heavy atom. The fourth-order valence-corrected chi connectivity index (χ4v) is 5.49.